The van der Waals surface area contributed by atoms with Crippen molar-refractivity contribution in [3.05, 3.63) is 24.3 Å². The molecule has 0 aromatic heterocycles. The summed E-state index contributed by atoms with van der Waals surface area (Å²) in [4.78, 5) is 11.8. The fourth-order valence-corrected chi connectivity index (χ4v) is 1.59. The second-order valence-corrected chi connectivity index (χ2v) is 3.80. The van der Waals surface area contributed by atoms with E-state index in [1.807, 2.05) is 30.5 Å². The number of thioether (sulfide) groups is 1. The van der Waals surface area contributed by atoms with Crippen LogP contribution in [0.15, 0.2) is 29.2 Å². The van der Waals surface area contributed by atoms with Crippen LogP contribution in [0.25, 0.3) is 0 Å². The van der Waals surface area contributed by atoms with Crippen molar-refractivity contribution in [1.82, 2.24) is 0 Å². The molecule has 0 aliphatic rings. The summed E-state index contributed by atoms with van der Waals surface area (Å²) in [6.07, 6.45) is 2.48. The molecule has 0 aliphatic heterocycles. The highest BCUT2D eigenvalue weighted by atomic mass is 32.2. The van der Waals surface area contributed by atoms with Crippen LogP contribution < -0.4 is 4.74 Å². The molecule has 14 heavy (non-hydrogen) atoms. The molecule has 1 rings (SSSR count). The van der Waals surface area contributed by atoms with E-state index in [-0.39, 0.29) is 5.78 Å². The highest BCUT2D eigenvalue weighted by molar-refractivity contribution is 7.98. The van der Waals surface area contributed by atoms with Crippen molar-refractivity contribution in [2.75, 3.05) is 12.9 Å². The highest BCUT2D eigenvalue weighted by Crippen LogP contribution is 2.26. The molecule has 0 spiro atoms. The molecule has 0 radical (unpaired) electrons. The van der Waals surface area contributed by atoms with Crippen LogP contribution in [0, 0.1) is 0 Å². The predicted octanol–water partition coefficient (Wildman–Crippen LogP) is 2.77. The molecule has 0 amide bonds. The molecule has 0 unspecified atom stereocenters. The Morgan fingerprint density at radius 1 is 1.43 bits per heavy atom. The van der Waals surface area contributed by atoms with Gasteiger partial charge in [-0.1, -0.05) is 12.1 Å². The average Bonchev–Trinajstić information content (AvgIpc) is 2.18. The summed E-state index contributed by atoms with van der Waals surface area (Å²) in [7, 11) is 0. The number of para-hydroxylation sites is 1. The molecule has 0 fully saturated rings. The van der Waals surface area contributed by atoms with Crippen LogP contribution in [0.3, 0.4) is 0 Å². The van der Waals surface area contributed by atoms with Gasteiger partial charge in [-0.05, 0) is 25.3 Å². The minimum Gasteiger partial charge on any atom is -0.492 e. The number of rotatable bonds is 5. The summed E-state index contributed by atoms with van der Waals surface area (Å²) in [6, 6.07) is 7.84. The molecule has 0 aliphatic carbocycles. The van der Waals surface area contributed by atoms with Crippen molar-refractivity contribution in [2.24, 2.45) is 0 Å². The maximum atomic E-state index is 10.7. The monoisotopic (exact) mass is 210 g/mol. The zero-order valence-electron chi connectivity index (χ0n) is 8.45. The standard InChI is InChI=1S/C11H14O2S/c1-9(12)7-8-13-10-5-3-4-6-11(10)14-2/h3-6H,7-8H2,1-2H3. The molecule has 2 nitrogen and oxygen atoms in total. The van der Waals surface area contributed by atoms with Gasteiger partial charge in [0.15, 0.2) is 0 Å². The zero-order valence-corrected chi connectivity index (χ0v) is 9.26. The van der Waals surface area contributed by atoms with E-state index in [0.717, 1.165) is 10.6 Å². The van der Waals surface area contributed by atoms with Gasteiger partial charge in [-0.2, -0.15) is 0 Å². The van der Waals surface area contributed by atoms with Crippen molar-refractivity contribution < 1.29 is 9.53 Å². The van der Waals surface area contributed by atoms with E-state index in [4.69, 9.17) is 4.74 Å². The Hall–Kier alpha value is -0.960. The number of carbonyl (C=O) groups is 1. The smallest absolute Gasteiger partial charge is 0.133 e. The van der Waals surface area contributed by atoms with Crippen molar-refractivity contribution in [3.63, 3.8) is 0 Å². The largest absolute Gasteiger partial charge is 0.492 e. The maximum absolute atomic E-state index is 10.7. The Labute approximate surface area is 88.7 Å². The van der Waals surface area contributed by atoms with Gasteiger partial charge in [0, 0.05) is 11.3 Å². The molecule has 1 aromatic carbocycles. The minimum atomic E-state index is 0.159. The molecule has 76 valence electrons. The number of ketones is 1. The van der Waals surface area contributed by atoms with Gasteiger partial charge in [-0.15, -0.1) is 11.8 Å². The number of hydrogen-bond acceptors (Lipinski definition) is 3. The summed E-state index contributed by atoms with van der Waals surface area (Å²) >= 11 is 1.64. The topological polar surface area (TPSA) is 26.3 Å². The number of benzene rings is 1. The first-order chi connectivity index (χ1) is 6.74. The maximum Gasteiger partial charge on any atom is 0.133 e. The van der Waals surface area contributed by atoms with Crippen LogP contribution in [0.1, 0.15) is 13.3 Å². The lowest BCUT2D eigenvalue weighted by atomic mass is 10.3. The van der Waals surface area contributed by atoms with Gasteiger partial charge in [-0.25, -0.2) is 0 Å². The van der Waals surface area contributed by atoms with Gasteiger partial charge in [0.1, 0.15) is 11.5 Å². The van der Waals surface area contributed by atoms with Crippen molar-refractivity contribution in [2.45, 2.75) is 18.2 Å². The molecule has 1 aromatic rings. The summed E-state index contributed by atoms with van der Waals surface area (Å²) < 4.78 is 5.50. The van der Waals surface area contributed by atoms with Crippen LogP contribution in [-0.2, 0) is 4.79 Å². The van der Waals surface area contributed by atoms with E-state index in [0.29, 0.717) is 13.0 Å². The van der Waals surface area contributed by atoms with Gasteiger partial charge in [0.05, 0.1) is 6.61 Å². The van der Waals surface area contributed by atoms with Crippen LogP contribution >= 0.6 is 11.8 Å². The van der Waals surface area contributed by atoms with E-state index >= 15 is 0 Å². The minimum absolute atomic E-state index is 0.159. The average molecular weight is 210 g/mol. The Bertz CT molecular complexity index is 310. The summed E-state index contributed by atoms with van der Waals surface area (Å²) in [5.74, 6) is 1.02. The fraction of sp³-hybridized carbons (Fsp3) is 0.364. The van der Waals surface area contributed by atoms with Gasteiger partial charge in [0.25, 0.3) is 0 Å². The van der Waals surface area contributed by atoms with Crippen molar-refractivity contribution in [3.8, 4) is 5.75 Å². The third kappa shape index (κ3) is 3.42. The van der Waals surface area contributed by atoms with Crippen LogP contribution in [0.5, 0.6) is 5.75 Å². The number of carbonyl (C=O) groups excluding carboxylic acids is 1. The Morgan fingerprint density at radius 3 is 2.79 bits per heavy atom. The molecule has 3 heteroatoms. The molecule has 0 saturated carbocycles. The lowest BCUT2D eigenvalue weighted by Crippen LogP contribution is -2.03. The lowest BCUT2D eigenvalue weighted by molar-refractivity contribution is -0.117. The number of Topliss-reactive ketones (excluding diaryl/α,β-unsaturated/α-hetero) is 1. The molecular formula is C11H14O2S. The van der Waals surface area contributed by atoms with Gasteiger partial charge < -0.3 is 4.74 Å². The molecule has 0 atom stereocenters. The predicted molar refractivity (Wildman–Crippen MR) is 59.0 cm³/mol. The zero-order chi connectivity index (χ0) is 10.4. The Morgan fingerprint density at radius 2 is 2.14 bits per heavy atom. The van der Waals surface area contributed by atoms with Crippen molar-refractivity contribution in [1.29, 1.82) is 0 Å². The number of ether oxygens (including phenoxy) is 1. The summed E-state index contributed by atoms with van der Waals surface area (Å²) in [5.41, 5.74) is 0. The quantitative estimate of drug-likeness (QED) is 0.699. The molecule has 0 saturated heterocycles. The SMILES string of the molecule is CSc1ccccc1OCCC(C)=O. The van der Waals surface area contributed by atoms with Gasteiger partial charge >= 0.3 is 0 Å². The van der Waals surface area contributed by atoms with Crippen LogP contribution in [0.4, 0.5) is 0 Å². The molecule has 0 heterocycles. The summed E-state index contributed by atoms with van der Waals surface area (Å²) in [5, 5.41) is 0. The van der Waals surface area contributed by atoms with Crippen LogP contribution in [0.2, 0.25) is 0 Å². The first-order valence-corrected chi connectivity index (χ1v) is 5.71. The Kier molecular flexibility index (Phi) is 4.53. The van der Waals surface area contributed by atoms with Crippen LogP contribution in [-0.4, -0.2) is 18.6 Å². The number of hydrogen-bond donors (Lipinski definition) is 0. The fourth-order valence-electron chi connectivity index (χ4n) is 1.04. The molecular weight excluding hydrogens is 196 g/mol. The third-order valence-electron chi connectivity index (χ3n) is 1.78. The normalized spacial score (nSPS) is 9.86. The van der Waals surface area contributed by atoms with E-state index in [1.54, 1.807) is 18.7 Å². The van der Waals surface area contributed by atoms with Gasteiger partial charge in [-0.3, -0.25) is 4.79 Å². The van der Waals surface area contributed by atoms with Gasteiger partial charge in [0.2, 0.25) is 0 Å². The van der Waals surface area contributed by atoms with E-state index in [2.05, 4.69) is 0 Å². The highest BCUT2D eigenvalue weighted by Gasteiger charge is 2.01. The van der Waals surface area contributed by atoms with Crippen molar-refractivity contribution >= 4 is 17.5 Å². The molecule has 0 bridgehead atoms. The first-order valence-electron chi connectivity index (χ1n) is 4.49. The van der Waals surface area contributed by atoms with E-state index < -0.39 is 0 Å². The summed E-state index contributed by atoms with van der Waals surface area (Å²) in [6.45, 7) is 2.04. The van der Waals surface area contributed by atoms with E-state index in [9.17, 15) is 4.79 Å². The second-order valence-electron chi connectivity index (χ2n) is 2.95. The Balaban J connectivity index is 2.53. The molecule has 0 N–H and O–H groups in total. The second kappa shape index (κ2) is 5.70. The first kappa shape index (κ1) is 11.1. The third-order valence-corrected chi connectivity index (χ3v) is 2.56. The van der Waals surface area contributed by atoms with E-state index in [1.165, 1.54) is 0 Å². The lowest BCUT2D eigenvalue weighted by Gasteiger charge is -2.08.